The lowest BCUT2D eigenvalue weighted by Gasteiger charge is -2.18. The summed E-state index contributed by atoms with van der Waals surface area (Å²) in [6.45, 7) is 0.306. The normalized spacial score (nSPS) is 12.2. The van der Waals surface area contributed by atoms with E-state index in [4.69, 9.17) is 0 Å². The van der Waals surface area contributed by atoms with Crippen molar-refractivity contribution in [3.8, 4) is 0 Å². The first kappa shape index (κ1) is 19.1. The SMILES string of the molecule is O=CCCCCCNC(=O)SCCC(F)(F)C(F)(F)F. The fourth-order valence-electron chi connectivity index (χ4n) is 1.18. The molecule has 0 saturated heterocycles. The highest BCUT2D eigenvalue weighted by Gasteiger charge is 2.56. The van der Waals surface area contributed by atoms with Crippen LogP contribution >= 0.6 is 11.8 Å². The Kier molecular flexibility index (Phi) is 8.75. The predicted octanol–water partition coefficient (Wildman–Crippen LogP) is 3.78. The molecule has 0 aliphatic carbocycles. The molecule has 0 heterocycles. The molecule has 0 radical (unpaired) electrons. The Hall–Kier alpha value is -0.860. The first-order valence-electron chi connectivity index (χ1n) is 5.99. The first-order valence-corrected chi connectivity index (χ1v) is 6.98. The minimum atomic E-state index is -5.58. The van der Waals surface area contributed by atoms with Crippen LogP contribution in [0.25, 0.3) is 0 Å². The van der Waals surface area contributed by atoms with Crippen molar-refractivity contribution < 1.29 is 31.5 Å². The van der Waals surface area contributed by atoms with Crippen LogP contribution in [0.5, 0.6) is 0 Å². The summed E-state index contributed by atoms with van der Waals surface area (Å²) in [6, 6.07) is 0. The van der Waals surface area contributed by atoms with Crippen LogP contribution in [0.4, 0.5) is 26.7 Å². The van der Waals surface area contributed by atoms with E-state index in [0.29, 0.717) is 37.6 Å². The van der Waals surface area contributed by atoms with Gasteiger partial charge in [-0.05, 0) is 12.8 Å². The molecule has 0 atom stereocenters. The van der Waals surface area contributed by atoms with Crippen LogP contribution in [0.3, 0.4) is 0 Å². The predicted molar refractivity (Wildman–Crippen MR) is 66.0 cm³/mol. The van der Waals surface area contributed by atoms with E-state index in [0.717, 1.165) is 12.7 Å². The summed E-state index contributed by atoms with van der Waals surface area (Å²) in [7, 11) is 0. The summed E-state index contributed by atoms with van der Waals surface area (Å²) < 4.78 is 60.5. The number of hydrogen-bond acceptors (Lipinski definition) is 3. The fourth-order valence-corrected chi connectivity index (χ4v) is 1.93. The lowest BCUT2D eigenvalue weighted by Crippen LogP contribution is -2.37. The third-order valence-corrected chi connectivity index (χ3v) is 3.15. The molecule has 0 aromatic carbocycles. The van der Waals surface area contributed by atoms with E-state index < -0.39 is 29.5 Å². The zero-order valence-electron chi connectivity index (χ0n) is 10.6. The van der Waals surface area contributed by atoms with Gasteiger partial charge in [0, 0.05) is 25.1 Å². The lowest BCUT2D eigenvalue weighted by atomic mass is 10.2. The van der Waals surface area contributed by atoms with Gasteiger partial charge in [0.1, 0.15) is 6.29 Å². The second kappa shape index (κ2) is 9.15. The molecule has 118 valence electrons. The van der Waals surface area contributed by atoms with E-state index in [-0.39, 0.29) is 0 Å². The summed E-state index contributed by atoms with van der Waals surface area (Å²) in [5, 5.41) is 1.77. The Morgan fingerprint density at radius 3 is 2.30 bits per heavy atom. The second-order valence-electron chi connectivity index (χ2n) is 4.03. The van der Waals surface area contributed by atoms with Crippen LogP contribution < -0.4 is 5.32 Å². The van der Waals surface area contributed by atoms with Gasteiger partial charge in [0.25, 0.3) is 5.24 Å². The topological polar surface area (TPSA) is 46.2 Å². The van der Waals surface area contributed by atoms with Gasteiger partial charge < -0.3 is 10.1 Å². The summed E-state index contributed by atoms with van der Waals surface area (Å²) in [6.07, 6.45) is -3.72. The van der Waals surface area contributed by atoms with Crippen molar-refractivity contribution in [2.45, 2.75) is 44.2 Å². The number of aldehydes is 1. The van der Waals surface area contributed by atoms with Crippen LogP contribution in [0.2, 0.25) is 0 Å². The van der Waals surface area contributed by atoms with Gasteiger partial charge in [-0.15, -0.1) is 0 Å². The Labute approximate surface area is 117 Å². The molecule has 0 fully saturated rings. The minimum Gasteiger partial charge on any atom is -0.347 e. The molecule has 0 bridgehead atoms. The number of hydrogen-bond donors (Lipinski definition) is 1. The van der Waals surface area contributed by atoms with Crippen LogP contribution in [0, 0.1) is 0 Å². The molecule has 1 N–H and O–H groups in total. The Morgan fingerprint density at radius 2 is 1.75 bits per heavy atom. The highest BCUT2D eigenvalue weighted by molar-refractivity contribution is 8.13. The van der Waals surface area contributed by atoms with E-state index in [1.54, 1.807) is 0 Å². The molecule has 20 heavy (non-hydrogen) atoms. The first-order chi connectivity index (χ1) is 9.20. The van der Waals surface area contributed by atoms with Crippen LogP contribution in [0.1, 0.15) is 32.1 Å². The van der Waals surface area contributed by atoms with Crippen molar-refractivity contribution in [2.24, 2.45) is 0 Å². The molecule has 1 amide bonds. The number of thioether (sulfide) groups is 1. The molecular formula is C11H16F5NO2S. The van der Waals surface area contributed by atoms with Crippen molar-refractivity contribution in [3.05, 3.63) is 0 Å². The molecule has 0 aromatic heterocycles. The zero-order chi connectivity index (χ0) is 15.6. The minimum absolute atomic E-state index is 0.306. The number of nitrogens with one attached hydrogen (secondary N) is 1. The van der Waals surface area contributed by atoms with Crippen molar-refractivity contribution in [1.82, 2.24) is 5.32 Å². The molecule has 0 unspecified atom stereocenters. The van der Waals surface area contributed by atoms with Crippen LogP contribution in [-0.4, -0.2) is 35.9 Å². The van der Waals surface area contributed by atoms with Crippen molar-refractivity contribution in [3.63, 3.8) is 0 Å². The summed E-state index contributed by atoms with van der Waals surface area (Å²) in [5.74, 6) is -5.38. The third kappa shape index (κ3) is 8.34. The van der Waals surface area contributed by atoms with E-state index in [1.165, 1.54) is 0 Å². The number of unbranched alkanes of at least 4 members (excludes halogenated alkanes) is 3. The van der Waals surface area contributed by atoms with E-state index in [1.807, 2.05) is 0 Å². The maximum absolute atomic E-state index is 12.5. The number of halogens is 5. The summed E-state index contributed by atoms with van der Waals surface area (Å²) in [4.78, 5) is 21.1. The molecule has 0 rings (SSSR count). The van der Waals surface area contributed by atoms with E-state index in [9.17, 15) is 31.5 Å². The average Bonchev–Trinajstić information content (AvgIpc) is 2.32. The molecule has 0 aliphatic rings. The van der Waals surface area contributed by atoms with Gasteiger partial charge >= 0.3 is 12.1 Å². The number of carbonyl (C=O) groups excluding carboxylic acids is 2. The quantitative estimate of drug-likeness (QED) is 0.399. The van der Waals surface area contributed by atoms with Gasteiger partial charge in [0.15, 0.2) is 0 Å². The number of rotatable bonds is 9. The third-order valence-electron chi connectivity index (χ3n) is 2.33. The second-order valence-corrected chi connectivity index (χ2v) is 5.10. The molecule has 0 aliphatic heterocycles. The molecular weight excluding hydrogens is 305 g/mol. The number of carbonyl (C=O) groups is 2. The molecule has 3 nitrogen and oxygen atoms in total. The maximum atomic E-state index is 12.5. The Balaban J connectivity index is 3.66. The van der Waals surface area contributed by atoms with Crippen LogP contribution in [0.15, 0.2) is 0 Å². The largest absolute Gasteiger partial charge is 0.453 e. The fraction of sp³-hybridized carbons (Fsp3) is 0.818. The summed E-state index contributed by atoms with van der Waals surface area (Å²) >= 11 is 0.402. The van der Waals surface area contributed by atoms with Gasteiger partial charge in [-0.2, -0.15) is 22.0 Å². The summed E-state index contributed by atoms with van der Waals surface area (Å²) in [5.41, 5.74) is 0. The standard InChI is InChI=1S/C11H16F5NO2S/c12-10(13,11(14,15)16)5-8-20-9(19)17-6-3-1-2-4-7-18/h7H,1-6,8H2,(H,17,19). The van der Waals surface area contributed by atoms with Gasteiger partial charge in [-0.3, -0.25) is 4.79 Å². The van der Waals surface area contributed by atoms with Gasteiger partial charge in [0.05, 0.1) is 0 Å². The maximum Gasteiger partial charge on any atom is 0.453 e. The number of alkyl halides is 5. The highest BCUT2D eigenvalue weighted by Crippen LogP contribution is 2.38. The zero-order valence-corrected chi connectivity index (χ0v) is 11.5. The van der Waals surface area contributed by atoms with Gasteiger partial charge in [-0.25, -0.2) is 0 Å². The number of amides is 1. The van der Waals surface area contributed by atoms with E-state index >= 15 is 0 Å². The molecule has 0 saturated carbocycles. The average molecular weight is 321 g/mol. The lowest BCUT2D eigenvalue weighted by molar-refractivity contribution is -0.282. The Morgan fingerprint density at radius 1 is 1.10 bits per heavy atom. The van der Waals surface area contributed by atoms with Crippen molar-refractivity contribution in [2.75, 3.05) is 12.3 Å². The molecule has 0 aromatic rings. The van der Waals surface area contributed by atoms with Gasteiger partial charge in [-0.1, -0.05) is 18.2 Å². The monoisotopic (exact) mass is 321 g/mol. The smallest absolute Gasteiger partial charge is 0.347 e. The van der Waals surface area contributed by atoms with Crippen LogP contribution in [-0.2, 0) is 4.79 Å². The van der Waals surface area contributed by atoms with Crippen molar-refractivity contribution >= 4 is 23.3 Å². The van der Waals surface area contributed by atoms with Crippen molar-refractivity contribution in [1.29, 1.82) is 0 Å². The molecule has 9 heteroatoms. The van der Waals surface area contributed by atoms with Gasteiger partial charge in [0.2, 0.25) is 0 Å². The molecule has 0 spiro atoms. The highest BCUT2D eigenvalue weighted by atomic mass is 32.2. The van der Waals surface area contributed by atoms with E-state index in [2.05, 4.69) is 5.32 Å². The Bertz CT molecular complexity index is 310.